The standard InChI is InChI=1S/C22H17NO2/c24-21-13-19-8-4-3-7-18(19)12-20(21)22(25)23-14-15-9-10-16-5-1-2-6-17(16)11-15/h1-13,24H,14H2,(H,23,25). The summed E-state index contributed by atoms with van der Waals surface area (Å²) in [7, 11) is 0. The number of nitrogens with one attached hydrogen (secondary N) is 1. The minimum atomic E-state index is -0.281. The highest BCUT2D eigenvalue weighted by Crippen LogP contribution is 2.25. The Morgan fingerprint density at radius 3 is 2.08 bits per heavy atom. The Labute approximate surface area is 145 Å². The van der Waals surface area contributed by atoms with Gasteiger partial charge in [-0.05, 0) is 45.3 Å². The van der Waals surface area contributed by atoms with E-state index >= 15 is 0 Å². The molecule has 2 N–H and O–H groups in total. The maximum absolute atomic E-state index is 12.5. The first-order valence-electron chi connectivity index (χ1n) is 8.18. The number of hydrogen-bond acceptors (Lipinski definition) is 2. The quantitative estimate of drug-likeness (QED) is 0.576. The molecule has 25 heavy (non-hydrogen) atoms. The number of carbonyl (C=O) groups excluding carboxylic acids is 1. The predicted octanol–water partition coefficient (Wildman–Crippen LogP) is 4.63. The van der Waals surface area contributed by atoms with Gasteiger partial charge < -0.3 is 10.4 Å². The van der Waals surface area contributed by atoms with Crippen LogP contribution in [0, 0.1) is 0 Å². The van der Waals surface area contributed by atoms with Crippen molar-refractivity contribution in [1.82, 2.24) is 5.32 Å². The first-order valence-corrected chi connectivity index (χ1v) is 8.18. The van der Waals surface area contributed by atoms with Crippen LogP contribution in [0.1, 0.15) is 15.9 Å². The Balaban J connectivity index is 1.56. The van der Waals surface area contributed by atoms with Crippen molar-refractivity contribution in [3.8, 4) is 5.75 Å². The molecule has 4 aromatic carbocycles. The van der Waals surface area contributed by atoms with Gasteiger partial charge in [-0.2, -0.15) is 0 Å². The minimum absolute atomic E-state index is 0.00490. The maximum atomic E-state index is 12.5. The molecule has 122 valence electrons. The molecule has 0 atom stereocenters. The third-order valence-corrected chi connectivity index (χ3v) is 4.38. The fourth-order valence-electron chi connectivity index (χ4n) is 3.04. The van der Waals surface area contributed by atoms with Gasteiger partial charge in [0.15, 0.2) is 0 Å². The van der Waals surface area contributed by atoms with E-state index < -0.39 is 0 Å². The molecule has 0 saturated carbocycles. The molecular weight excluding hydrogens is 310 g/mol. The molecule has 4 rings (SSSR count). The van der Waals surface area contributed by atoms with Gasteiger partial charge in [0.05, 0.1) is 5.56 Å². The lowest BCUT2D eigenvalue weighted by atomic mass is 10.0. The van der Waals surface area contributed by atoms with Crippen LogP contribution in [0.15, 0.2) is 78.9 Å². The Morgan fingerprint density at radius 1 is 0.760 bits per heavy atom. The molecule has 0 aliphatic heterocycles. The first kappa shape index (κ1) is 15.2. The summed E-state index contributed by atoms with van der Waals surface area (Å²) in [6.07, 6.45) is 0. The topological polar surface area (TPSA) is 49.3 Å². The average molecular weight is 327 g/mol. The third-order valence-electron chi connectivity index (χ3n) is 4.38. The number of phenols is 1. The zero-order valence-electron chi connectivity index (χ0n) is 13.6. The smallest absolute Gasteiger partial charge is 0.255 e. The van der Waals surface area contributed by atoms with Crippen LogP contribution in [0.3, 0.4) is 0 Å². The Bertz CT molecular complexity index is 1090. The summed E-state index contributed by atoms with van der Waals surface area (Å²) in [4.78, 5) is 12.5. The highest BCUT2D eigenvalue weighted by atomic mass is 16.3. The van der Waals surface area contributed by atoms with E-state index in [1.807, 2.05) is 48.5 Å². The number of amides is 1. The van der Waals surface area contributed by atoms with Crippen LogP contribution >= 0.6 is 0 Å². The number of benzene rings is 4. The van der Waals surface area contributed by atoms with Gasteiger partial charge in [-0.3, -0.25) is 4.79 Å². The fraction of sp³-hybridized carbons (Fsp3) is 0.0455. The van der Waals surface area contributed by atoms with Gasteiger partial charge in [0.25, 0.3) is 5.91 Å². The van der Waals surface area contributed by atoms with E-state index in [1.54, 1.807) is 12.1 Å². The monoisotopic (exact) mass is 327 g/mol. The van der Waals surface area contributed by atoms with Crippen LogP contribution in [0.4, 0.5) is 0 Å². The van der Waals surface area contributed by atoms with E-state index in [1.165, 1.54) is 5.39 Å². The van der Waals surface area contributed by atoms with E-state index in [9.17, 15) is 9.90 Å². The van der Waals surface area contributed by atoms with E-state index in [0.29, 0.717) is 12.1 Å². The van der Waals surface area contributed by atoms with Crippen LogP contribution in [-0.2, 0) is 6.54 Å². The summed E-state index contributed by atoms with van der Waals surface area (Å²) < 4.78 is 0. The van der Waals surface area contributed by atoms with Crippen molar-refractivity contribution in [2.75, 3.05) is 0 Å². The molecule has 3 nitrogen and oxygen atoms in total. The lowest BCUT2D eigenvalue weighted by molar-refractivity contribution is 0.0948. The molecule has 0 aliphatic rings. The maximum Gasteiger partial charge on any atom is 0.255 e. The Kier molecular flexibility index (Phi) is 3.82. The van der Waals surface area contributed by atoms with Crippen LogP contribution < -0.4 is 5.32 Å². The molecule has 0 radical (unpaired) electrons. The second-order valence-electron chi connectivity index (χ2n) is 6.08. The summed E-state index contributed by atoms with van der Waals surface area (Å²) in [5, 5.41) is 17.2. The lowest BCUT2D eigenvalue weighted by Gasteiger charge is -2.09. The molecule has 0 spiro atoms. The second kappa shape index (κ2) is 6.29. The molecule has 0 fully saturated rings. The van der Waals surface area contributed by atoms with E-state index in [2.05, 4.69) is 23.5 Å². The van der Waals surface area contributed by atoms with E-state index in [-0.39, 0.29) is 11.7 Å². The normalized spacial score (nSPS) is 10.9. The summed E-state index contributed by atoms with van der Waals surface area (Å²) >= 11 is 0. The number of phenolic OH excluding ortho intramolecular Hbond substituents is 1. The molecule has 0 bridgehead atoms. The largest absolute Gasteiger partial charge is 0.507 e. The van der Waals surface area contributed by atoms with Gasteiger partial charge in [0.1, 0.15) is 5.75 Å². The molecule has 4 aromatic rings. The number of carbonyl (C=O) groups is 1. The molecule has 0 unspecified atom stereocenters. The summed E-state index contributed by atoms with van der Waals surface area (Å²) in [6.45, 7) is 0.413. The van der Waals surface area contributed by atoms with Crippen molar-refractivity contribution < 1.29 is 9.90 Å². The average Bonchev–Trinajstić information content (AvgIpc) is 2.65. The second-order valence-corrected chi connectivity index (χ2v) is 6.08. The highest BCUT2D eigenvalue weighted by molar-refractivity contribution is 6.01. The van der Waals surface area contributed by atoms with E-state index in [4.69, 9.17) is 0 Å². The molecule has 3 heteroatoms. The fourth-order valence-corrected chi connectivity index (χ4v) is 3.04. The van der Waals surface area contributed by atoms with Crippen molar-refractivity contribution in [2.45, 2.75) is 6.54 Å². The summed E-state index contributed by atoms with van der Waals surface area (Å²) in [5.74, 6) is -0.286. The number of rotatable bonds is 3. The Hall–Kier alpha value is -3.33. The third kappa shape index (κ3) is 3.04. The SMILES string of the molecule is O=C(NCc1ccc2ccccc2c1)c1cc2ccccc2cc1O. The number of hydrogen-bond donors (Lipinski definition) is 2. The van der Waals surface area contributed by atoms with E-state index in [0.717, 1.165) is 21.7 Å². The molecular formula is C22H17NO2. The van der Waals surface area contributed by atoms with Gasteiger partial charge in [0, 0.05) is 6.54 Å². The first-order chi connectivity index (χ1) is 12.2. The van der Waals surface area contributed by atoms with Gasteiger partial charge >= 0.3 is 0 Å². The number of aromatic hydroxyl groups is 1. The highest BCUT2D eigenvalue weighted by Gasteiger charge is 2.12. The van der Waals surface area contributed by atoms with Crippen LogP contribution in [0.25, 0.3) is 21.5 Å². The Morgan fingerprint density at radius 2 is 1.36 bits per heavy atom. The summed E-state index contributed by atoms with van der Waals surface area (Å²) in [6, 6.07) is 25.2. The molecule has 0 aromatic heterocycles. The number of fused-ring (bicyclic) bond motifs is 2. The van der Waals surface area contributed by atoms with Crippen LogP contribution in [0.2, 0.25) is 0 Å². The predicted molar refractivity (Wildman–Crippen MR) is 101 cm³/mol. The van der Waals surface area contributed by atoms with Crippen LogP contribution in [-0.4, -0.2) is 11.0 Å². The zero-order chi connectivity index (χ0) is 17.2. The van der Waals surface area contributed by atoms with Crippen LogP contribution in [0.5, 0.6) is 5.75 Å². The lowest BCUT2D eigenvalue weighted by Crippen LogP contribution is -2.22. The minimum Gasteiger partial charge on any atom is -0.507 e. The van der Waals surface area contributed by atoms with Crippen molar-refractivity contribution >= 4 is 27.5 Å². The summed E-state index contributed by atoms with van der Waals surface area (Å²) in [5.41, 5.74) is 1.31. The molecule has 1 amide bonds. The van der Waals surface area contributed by atoms with Crippen molar-refractivity contribution in [2.24, 2.45) is 0 Å². The molecule has 0 saturated heterocycles. The van der Waals surface area contributed by atoms with Crippen molar-refractivity contribution in [3.63, 3.8) is 0 Å². The van der Waals surface area contributed by atoms with Gasteiger partial charge in [-0.25, -0.2) is 0 Å². The van der Waals surface area contributed by atoms with Gasteiger partial charge in [-0.1, -0.05) is 60.7 Å². The van der Waals surface area contributed by atoms with Crippen molar-refractivity contribution in [3.05, 3.63) is 90.0 Å². The zero-order valence-corrected chi connectivity index (χ0v) is 13.6. The van der Waals surface area contributed by atoms with Gasteiger partial charge in [-0.15, -0.1) is 0 Å². The van der Waals surface area contributed by atoms with Crippen molar-refractivity contribution in [1.29, 1.82) is 0 Å². The molecule has 0 aliphatic carbocycles. The van der Waals surface area contributed by atoms with Gasteiger partial charge in [0.2, 0.25) is 0 Å². The molecule has 0 heterocycles.